The number of hydrogen-bond acceptors (Lipinski definition) is 3. The normalized spacial score (nSPS) is 14.9. The predicted molar refractivity (Wildman–Crippen MR) is 54.7 cm³/mol. The van der Waals surface area contributed by atoms with E-state index in [9.17, 15) is 10.2 Å². The van der Waals surface area contributed by atoms with Crippen LogP contribution in [0.15, 0.2) is 24.3 Å². The van der Waals surface area contributed by atoms with E-state index >= 15 is 0 Å². The van der Waals surface area contributed by atoms with Crippen molar-refractivity contribution in [3.63, 3.8) is 0 Å². The number of hydrogen-bond donors (Lipinski definition) is 2. The monoisotopic (exact) mass is 216 g/mol. The van der Waals surface area contributed by atoms with E-state index in [2.05, 4.69) is 0 Å². The van der Waals surface area contributed by atoms with Gasteiger partial charge in [0.05, 0.1) is 19.1 Å². The fourth-order valence-electron chi connectivity index (χ4n) is 1.11. The zero-order valence-corrected chi connectivity index (χ0v) is 8.61. The summed E-state index contributed by atoms with van der Waals surface area (Å²) in [6.07, 6.45) is -1.89. The third kappa shape index (κ3) is 2.61. The summed E-state index contributed by atoms with van der Waals surface area (Å²) in [6, 6.07) is 6.83. The number of aliphatic hydroxyl groups excluding tert-OH is 2. The van der Waals surface area contributed by atoms with Crippen molar-refractivity contribution < 1.29 is 14.9 Å². The summed E-state index contributed by atoms with van der Waals surface area (Å²) >= 11 is 5.42. The third-order valence-electron chi connectivity index (χ3n) is 1.98. The first-order valence-corrected chi connectivity index (χ1v) is 4.78. The molecule has 0 heterocycles. The van der Waals surface area contributed by atoms with Crippen LogP contribution < -0.4 is 4.74 Å². The van der Waals surface area contributed by atoms with Crippen LogP contribution in [-0.4, -0.2) is 29.3 Å². The highest BCUT2D eigenvalue weighted by atomic mass is 35.5. The van der Waals surface area contributed by atoms with Crippen LogP contribution in [0.25, 0.3) is 0 Å². The number of alkyl halides is 1. The van der Waals surface area contributed by atoms with E-state index in [4.69, 9.17) is 16.3 Å². The van der Waals surface area contributed by atoms with Gasteiger partial charge in [-0.05, 0) is 17.7 Å². The molecular formula is C10H13ClO3. The topological polar surface area (TPSA) is 49.7 Å². The predicted octanol–water partition coefficient (Wildman–Crippen LogP) is 1.33. The highest BCUT2D eigenvalue weighted by molar-refractivity contribution is 6.18. The van der Waals surface area contributed by atoms with Gasteiger partial charge in [-0.2, -0.15) is 0 Å². The Morgan fingerprint density at radius 2 is 1.86 bits per heavy atom. The second-order valence-electron chi connectivity index (χ2n) is 2.94. The number of ether oxygens (including phenoxy) is 1. The lowest BCUT2D eigenvalue weighted by Crippen LogP contribution is -2.19. The maximum Gasteiger partial charge on any atom is 0.118 e. The van der Waals surface area contributed by atoms with Gasteiger partial charge in [0.25, 0.3) is 0 Å². The number of halogens is 1. The molecular weight excluding hydrogens is 204 g/mol. The summed E-state index contributed by atoms with van der Waals surface area (Å²) in [5, 5.41) is 18.9. The first kappa shape index (κ1) is 11.3. The van der Waals surface area contributed by atoms with Gasteiger partial charge in [-0.1, -0.05) is 12.1 Å². The molecule has 0 aliphatic carbocycles. The largest absolute Gasteiger partial charge is 0.497 e. The van der Waals surface area contributed by atoms with Gasteiger partial charge in [0, 0.05) is 0 Å². The van der Waals surface area contributed by atoms with Crippen molar-refractivity contribution in [1.82, 2.24) is 0 Å². The van der Waals surface area contributed by atoms with Crippen LogP contribution in [0.5, 0.6) is 5.75 Å². The van der Waals surface area contributed by atoms with Gasteiger partial charge in [0.2, 0.25) is 0 Å². The van der Waals surface area contributed by atoms with Gasteiger partial charge in [-0.25, -0.2) is 0 Å². The number of benzene rings is 1. The third-order valence-corrected chi connectivity index (χ3v) is 2.30. The first-order chi connectivity index (χ1) is 6.69. The van der Waals surface area contributed by atoms with Crippen molar-refractivity contribution in [2.24, 2.45) is 0 Å². The molecule has 0 amide bonds. The van der Waals surface area contributed by atoms with E-state index in [1.807, 2.05) is 0 Å². The lowest BCUT2D eigenvalue weighted by molar-refractivity contribution is 0.0327. The molecule has 1 aromatic carbocycles. The van der Waals surface area contributed by atoms with Crippen LogP contribution in [-0.2, 0) is 0 Å². The van der Waals surface area contributed by atoms with Gasteiger partial charge in [0.1, 0.15) is 11.9 Å². The van der Waals surface area contributed by atoms with Crippen LogP contribution in [0.2, 0.25) is 0 Å². The molecule has 1 aromatic rings. The van der Waals surface area contributed by atoms with Gasteiger partial charge in [0.15, 0.2) is 0 Å². The molecule has 1 rings (SSSR count). The van der Waals surface area contributed by atoms with Crippen LogP contribution >= 0.6 is 11.6 Å². The average Bonchev–Trinajstić information content (AvgIpc) is 2.27. The zero-order chi connectivity index (χ0) is 10.6. The fourth-order valence-corrected chi connectivity index (χ4v) is 1.28. The van der Waals surface area contributed by atoms with E-state index < -0.39 is 12.2 Å². The van der Waals surface area contributed by atoms with Crippen LogP contribution in [0, 0.1) is 0 Å². The van der Waals surface area contributed by atoms with Crippen molar-refractivity contribution in [2.75, 3.05) is 13.0 Å². The molecule has 0 saturated carbocycles. The van der Waals surface area contributed by atoms with Crippen molar-refractivity contribution in [3.8, 4) is 5.75 Å². The summed E-state index contributed by atoms with van der Waals surface area (Å²) in [5.41, 5.74) is 0.624. The Labute approximate surface area is 87.9 Å². The quantitative estimate of drug-likeness (QED) is 0.747. The highest BCUT2D eigenvalue weighted by Crippen LogP contribution is 2.20. The number of aliphatic hydroxyl groups is 2. The second kappa shape index (κ2) is 5.20. The summed E-state index contributed by atoms with van der Waals surface area (Å²) in [5.74, 6) is 0.717. The molecule has 0 aliphatic rings. The molecule has 0 aliphatic heterocycles. The SMILES string of the molecule is COc1ccc(C(O)C(O)CCl)cc1. The van der Waals surface area contributed by atoms with E-state index in [-0.39, 0.29) is 5.88 Å². The minimum atomic E-state index is -0.946. The van der Waals surface area contributed by atoms with E-state index in [0.717, 1.165) is 0 Å². The van der Waals surface area contributed by atoms with Gasteiger partial charge >= 0.3 is 0 Å². The van der Waals surface area contributed by atoms with E-state index in [0.29, 0.717) is 11.3 Å². The summed E-state index contributed by atoms with van der Waals surface area (Å²) in [4.78, 5) is 0. The zero-order valence-electron chi connectivity index (χ0n) is 7.85. The highest BCUT2D eigenvalue weighted by Gasteiger charge is 2.16. The molecule has 2 unspecified atom stereocenters. The molecule has 14 heavy (non-hydrogen) atoms. The molecule has 78 valence electrons. The Bertz CT molecular complexity index is 273. The minimum absolute atomic E-state index is 0.00714. The second-order valence-corrected chi connectivity index (χ2v) is 3.25. The Kier molecular flexibility index (Phi) is 4.20. The smallest absolute Gasteiger partial charge is 0.118 e. The number of methoxy groups -OCH3 is 1. The van der Waals surface area contributed by atoms with Crippen molar-refractivity contribution in [1.29, 1.82) is 0 Å². The molecule has 2 N–H and O–H groups in total. The van der Waals surface area contributed by atoms with E-state index in [1.165, 1.54) is 0 Å². The van der Waals surface area contributed by atoms with Crippen molar-refractivity contribution in [2.45, 2.75) is 12.2 Å². The van der Waals surface area contributed by atoms with Crippen molar-refractivity contribution >= 4 is 11.6 Å². The molecule has 0 spiro atoms. The lowest BCUT2D eigenvalue weighted by Gasteiger charge is -2.15. The molecule has 0 aromatic heterocycles. The Morgan fingerprint density at radius 3 is 2.29 bits per heavy atom. The Morgan fingerprint density at radius 1 is 1.29 bits per heavy atom. The molecule has 0 saturated heterocycles. The summed E-state index contributed by atoms with van der Waals surface area (Å²) in [6.45, 7) is 0. The molecule has 4 heteroatoms. The van der Waals surface area contributed by atoms with Gasteiger partial charge in [-0.3, -0.25) is 0 Å². The maximum atomic E-state index is 9.58. The molecule has 0 fully saturated rings. The van der Waals surface area contributed by atoms with E-state index in [1.54, 1.807) is 31.4 Å². The van der Waals surface area contributed by atoms with Crippen LogP contribution in [0.1, 0.15) is 11.7 Å². The van der Waals surface area contributed by atoms with Crippen molar-refractivity contribution in [3.05, 3.63) is 29.8 Å². The fraction of sp³-hybridized carbons (Fsp3) is 0.400. The molecule has 3 nitrogen and oxygen atoms in total. The molecule has 0 bridgehead atoms. The molecule has 2 atom stereocenters. The minimum Gasteiger partial charge on any atom is -0.497 e. The first-order valence-electron chi connectivity index (χ1n) is 4.25. The Hall–Kier alpha value is -0.770. The summed E-state index contributed by atoms with van der Waals surface area (Å²) < 4.78 is 4.97. The van der Waals surface area contributed by atoms with Gasteiger partial charge < -0.3 is 14.9 Å². The maximum absolute atomic E-state index is 9.58. The number of rotatable bonds is 4. The van der Waals surface area contributed by atoms with Gasteiger partial charge in [-0.15, -0.1) is 11.6 Å². The average molecular weight is 217 g/mol. The molecule has 0 radical (unpaired) electrons. The summed E-state index contributed by atoms with van der Waals surface area (Å²) in [7, 11) is 1.57. The standard InChI is InChI=1S/C10H13ClO3/c1-14-8-4-2-7(3-5-8)10(13)9(12)6-11/h2-5,9-10,12-13H,6H2,1H3. The Balaban J connectivity index is 2.75. The van der Waals surface area contributed by atoms with Crippen LogP contribution in [0.3, 0.4) is 0 Å². The van der Waals surface area contributed by atoms with Crippen LogP contribution in [0.4, 0.5) is 0 Å². The lowest BCUT2D eigenvalue weighted by atomic mass is 10.1.